The molecule has 0 aromatic carbocycles. The summed E-state index contributed by atoms with van der Waals surface area (Å²) in [6.07, 6.45) is 1.07. The molecule has 1 saturated heterocycles. The summed E-state index contributed by atoms with van der Waals surface area (Å²) in [5, 5.41) is 8.21. The Bertz CT molecular complexity index is 384. The molecule has 2 heterocycles. The molecule has 1 aromatic heterocycles. The number of nitrogens with zero attached hydrogens (tertiary/aromatic N) is 2. The Hall–Kier alpha value is -0.870. The SMILES string of the molecule is CCNC1CCOCC1n1nc(C)c(C)c1C. The zero-order chi connectivity index (χ0) is 12.4. The molecular weight excluding hydrogens is 214 g/mol. The fourth-order valence-corrected chi connectivity index (χ4v) is 2.53. The van der Waals surface area contributed by atoms with Crippen LogP contribution in [-0.4, -0.2) is 35.6 Å². The summed E-state index contributed by atoms with van der Waals surface area (Å²) in [6, 6.07) is 0.808. The average Bonchev–Trinajstić information content (AvgIpc) is 2.58. The van der Waals surface area contributed by atoms with Gasteiger partial charge in [-0.1, -0.05) is 6.92 Å². The molecule has 1 aliphatic heterocycles. The second-order valence-electron chi connectivity index (χ2n) is 4.84. The quantitative estimate of drug-likeness (QED) is 0.870. The van der Waals surface area contributed by atoms with Gasteiger partial charge in [-0.25, -0.2) is 0 Å². The first-order valence-corrected chi connectivity index (χ1v) is 6.48. The molecule has 96 valence electrons. The second-order valence-corrected chi connectivity index (χ2v) is 4.84. The predicted molar refractivity (Wildman–Crippen MR) is 68.4 cm³/mol. The van der Waals surface area contributed by atoms with Crippen molar-refractivity contribution in [1.82, 2.24) is 15.1 Å². The van der Waals surface area contributed by atoms with Crippen molar-refractivity contribution in [1.29, 1.82) is 0 Å². The highest BCUT2D eigenvalue weighted by molar-refractivity contribution is 5.23. The van der Waals surface area contributed by atoms with E-state index in [1.165, 1.54) is 11.3 Å². The van der Waals surface area contributed by atoms with E-state index in [0.717, 1.165) is 31.9 Å². The van der Waals surface area contributed by atoms with E-state index in [9.17, 15) is 0 Å². The Labute approximate surface area is 103 Å². The van der Waals surface area contributed by atoms with Gasteiger partial charge in [0.05, 0.1) is 18.3 Å². The van der Waals surface area contributed by atoms with Crippen molar-refractivity contribution in [2.75, 3.05) is 19.8 Å². The number of hydrogen-bond acceptors (Lipinski definition) is 3. The van der Waals surface area contributed by atoms with Crippen LogP contribution in [0, 0.1) is 20.8 Å². The maximum atomic E-state index is 5.62. The summed E-state index contributed by atoms with van der Waals surface area (Å²) in [4.78, 5) is 0. The van der Waals surface area contributed by atoms with Gasteiger partial charge in [0.1, 0.15) is 0 Å². The molecule has 1 aliphatic rings. The van der Waals surface area contributed by atoms with Crippen LogP contribution in [0.4, 0.5) is 0 Å². The predicted octanol–water partition coefficient (Wildman–Crippen LogP) is 1.75. The highest BCUT2D eigenvalue weighted by Crippen LogP contribution is 2.23. The minimum absolute atomic E-state index is 0.330. The van der Waals surface area contributed by atoms with Crippen LogP contribution < -0.4 is 5.32 Å². The number of aromatic nitrogens is 2. The summed E-state index contributed by atoms with van der Waals surface area (Å²) < 4.78 is 7.77. The molecule has 4 heteroatoms. The van der Waals surface area contributed by atoms with Gasteiger partial charge in [0.25, 0.3) is 0 Å². The van der Waals surface area contributed by atoms with E-state index in [1.807, 2.05) is 0 Å². The molecule has 2 rings (SSSR count). The second kappa shape index (κ2) is 5.19. The van der Waals surface area contributed by atoms with E-state index in [2.05, 4.69) is 42.8 Å². The lowest BCUT2D eigenvalue weighted by atomic mass is 10.0. The zero-order valence-corrected chi connectivity index (χ0v) is 11.3. The Balaban J connectivity index is 2.26. The summed E-state index contributed by atoms with van der Waals surface area (Å²) in [5.41, 5.74) is 3.69. The standard InChI is InChI=1S/C13H23N3O/c1-5-14-12-6-7-17-8-13(12)16-11(4)9(2)10(3)15-16/h12-14H,5-8H2,1-4H3. The molecule has 2 atom stereocenters. The van der Waals surface area contributed by atoms with E-state index >= 15 is 0 Å². The Morgan fingerprint density at radius 3 is 2.76 bits per heavy atom. The molecule has 17 heavy (non-hydrogen) atoms. The molecule has 0 spiro atoms. The molecule has 1 aromatic rings. The van der Waals surface area contributed by atoms with E-state index in [-0.39, 0.29) is 0 Å². The van der Waals surface area contributed by atoms with E-state index < -0.39 is 0 Å². The number of ether oxygens (including phenoxy) is 1. The first-order valence-electron chi connectivity index (χ1n) is 6.48. The number of rotatable bonds is 3. The van der Waals surface area contributed by atoms with Crippen molar-refractivity contribution >= 4 is 0 Å². The molecule has 4 nitrogen and oxygen atoms in total. The zero-order valence-electron chi connectivity index (χ0n) is 11.3. The van der Waals surface area contributed by atoms with E-state index in [1.54, 1.807) is 0 Å². The first kappa shape index (κ1) is 12.6. The molecule has 0 radical (unpaired) electrons. The summed E-state index contributed by atoms with van der Waals surface area (Å²) >= 11 is 0. The molecular formula is C13H23N3O. The molecule has 0 aliphatic carbocycles. The molecule has 0 bridgehead atoms. The van der Waals surface area contributed by atoms with Gasteiger partial charge in [-0.3, -0.25) is 4.68 Å². The highest BCUT2D eigenvalue weighted by atomic mass is 16.5. The van der Waals surface area contributed by atoms with Crippen molar-refractivity contribution in [2.24, 2.45) is 0 Å². The lowest BCUT2D eigenvalue weighted by molar-refractivity contribution is 0.0323. The third-order valence-corrected chi connectivity index (χ3v) is 3.79. The van der Waals surface area contributed by atoms with Gasteiger partial charge in [0.15, 0.2) is 0 Å². The fraction of sp³-hybridized carbons (Fsp3) is 0.769. The van der Waals surface area contributed by atoms with Crippen LogP contribution in [0.2, 0.25) is 0 Å². The molecule has 0 saturated carbocycles. The van der Waals surface area contributed by atoms with Crippen molar-refractivity contribution in [2.45, 2.75) is 46.2 Å². The van der Waals surface area contributed by atoms with Gasteiger partial charge in [-0.15, -0.1) is 0 Å². The van der Waals surface area contributed by atoms with E-state index in [4.69, 9.17) is 4.74 Å². The third kappa shape index (κ3) is 2.38. The van der Waals surface area contributed by atoms with Crippen LogP contribution in [0.1, 0.15) is 36.3 Å². The van der Waals surface area contributed by atoms with Crippen LogP contribution in [0.25, 0.3) is 0 Å². The van der Waals surface area contributed by atoms with Crippen LogP contribution in [0.5, 0.6) is 0 Å². The van der Waals surface area contributed by atoms with Crippen molar-refractivity contribution < 1.29 is 4.74 Å². The van der Waals surface area contributed by atoms with Gasteiger partial charge in [-0.05, 0) is 39.3 Å². The maximum absolute atomic E-state index is 5.62. The average molecular weight is 237 g/mol. The van der Waals surface area contributed by atoms with Gasteiger partial charge < -0.3 is 10.1 Å². The number of aryl methyl sites for hydroxylation is 1. The highest BCUT2D eigenvalue weighted by Gasteiger charge is 2.28. The smallest absolute Gasteiger partial charge is 0.0909 e. The van der Waals surface area contributed by atoms with E-state index in [0.29, 0.717) is 12.1 Å². The van der Waals surface area contributed by atoms with Crippen molar-refractivity contribution in [3.05, 3.63) is 17.0 Å². The summed E-state index contributed by atoms with van der Waals surface area (Å²) in [7, 11) is 0. The third-order valence-electron chi connectivity index (χ3n) is 3.79. The Kier molecular flexibility index (Phi) is 3.84. The Morgan fingerprint density at radius 2 is 2.18 bits per heavy atom. The fourth-order valence-electron chi connectivity index (χ4n) is 2.53. The van der Waals surface area contributed by atoms with Crippen LogP contribution >= 0.6 is 0 Å². The lowest BCUT2D eigenvalue weighted by Gasteiger charge is -2.33. The lowest BCUT2D eigenvalue weighted by Crippen LogP contribution is -2.44. The first-order chi connectivity index (χ1) is 8.15. The normalized spacial score (nSPS) is 25.2. The number of hydrogen-bond donors (Lipinski definition) is 1. The molecule has 0 amide bonds. The van der Waals surface area contributed by atoms with Crippen LogP contribution in [0.15, 0.2) is 0 Å². The molecule has 1 N–H and O–H groups in total. The largest absolute Gasteiger partial charge is 0.379 e. The Morgan fingerprint density at radius 1 is 1.41 bits per heavy atom. The summed E-state index contributed by atoms with van der Waals surface area (Å²) in [5.74, 6) is 0. The maximum Gasteiger partial charge on any atom is 0.0909 e. The summed E-state index contributed by atoms with van der Waals surface area (Å²) in [6.45, 7) is 11.1. The van der Waals surface area contributed by atoms with Gasteiger partial charge in [0.2, 0.25) is 0 Å². The van der Waals surface area contributed by atoms with Gasteiger partial charge >= 0.3 is 0 Å². The van der Waals surface area contributed by atoms with Crippen LogP contribution in [0.3, 0.4) is 0 Å². The number of nitrogens with one attached hydrogen (secondary N) is 1. The van der Waals surface area contributed by atoms with Gasteiger partial charge in [0, 0.05) is 18.3 Å². The molecule has 1 fully saturated rings. The topological polar surface area (TPSA) is 39.1 Å². The van der Waals surface area contributed by atoms with Gasteiger partial charge in [-0.2, -0.15) is 5.10 Å². The molecule has 2 unspecified atom stereocenters. The minimum atomic E-state index is 0.330. The van der Waals surface area contributed by atoms with Crippen LogP contribution in [-0.2, 0) is 4.74 Å². The van der Waals surface area contributed by atoms with Crippen molar-refractivity contribution in [3.8, 4) is 0 Å². The van der Waals surface area contributed by atoms with Crippen molar-refractivity contribution in [3.63, 3.8) is 0 Å². The minimum Gasteiger partial charge on any atom is -0.379 e. The monoisotopic (exact) mass is 237 g/mol. The number of likely N-dealkylation sites (N-methyl/N-ethyl adjacent to an activating group) is 1.